The first-order valence-electron chi connectivity index (χ1n) is 2.19. The molecule has 18 heavy (non-hydrogen) atoms. The van der Waals surface area contributed by atoms with Gasteiger partial charge in [-0.3, -0.25) is 0 Å². The fourth-order valence-electron chi connectivity index (χ4n) is 0. The molecule has 16 nitrogen and oxygen atoms in total. The van der Waals surface area contributed by atoms with Gasteiger partial charge < -0.3 is 61.3 Å². The van der Waals surface area contributed by atoms with E-state index in [-0.39, 0.29) is 68.5 Å². The Hall–Kier alpha value is -0.953. The summed E-state index contributed by atoms with van der Waals surface area (Å²) in [6.45, 7) is 0. The van der Waals surface area contributed by atoms with Gasteiger partial charge in [-0.25, -0.2) is 0 Å². The van der Waals surface area contributed by atoms with Crippen LogP contribution in [0.4, 0.5) is 0 Å². The zero-order valence-corrected chi connectivity index (χ0v) is 13.0. The second kappa shape index (κ2) is 29.8. The summed E-state index contributed by atoms with van der Waals surface area (Å²) in [5, 5.41) is 59.0. The average Bonchev–Trinajstić information content (AvgIpc) is 1.76. The van der Waals surface area contributed by atoms with Crippen molar-refractivity contribution in [2.24, 2.45) is 0 Å². The summed E-state index contributed by atoms with van der Waals surface area (Å²) in [7, 11) is 0. The van der Waals surface area contributed by atoms with Crippen molar-refractivity contribution in [1.82, 2.24) is 0 Å². The molecule has 0 aliphatic carbocycles. The number of rotatable bonds is 0. The minimum atomic E-state index is -1.75. The zero-order valence-electron chi connectivity index (χ0n) is 8.10. The van der Waals surface area contributed by atoms with Gasteiger partial charge in [0.2, 0.25) is 0 Å². The van der Waals surface area contributed by atoms with Crippen LogP contribution in [0, 0.1) is 61.3 Å². The quantitative estimate of drug-likeness (QED) is 0.265. The zero-order chi connectivity index (χ0) is 14.3. The van der Waals surface area contributed by atoms with E-state index in [1.807, 2.05) is 0 Å². The second-order valence-corrected chi connectivity index (χ2v) is 0.894. The van der Waals surface area contributed by atoms with E-state index in [1.54, 1.807) is 0 Å². The van der Waals surface area contributed by atoms with Gasteiger partial charge in [0.25, 0.3) is 0 Å². The molecule has 0 aliphatic rings. The Kier molecular flexibility index (Phi) is 59.5. The van der Waals surface area contributed by atoms with Crippen molar-refractivity contribution in [2.75, 3.05) is 0 Å². The molecule has 96 valence electrons. The Morgan fingerprint density at radius 1 is 0.444 bits per heavy atom. The van der Waals surface area contributed by atoms with E-state index < -0.39 is 20.3 Å². The first-order valence-corrected chi connectivity index (χ1v) is 2.19. The third-order valence-corrected chi connectivity index (χ3v) is 0. The van der Waals surface area contributed by atoms with Crippen molar-refractivity contribution >= 4 is 68.5 Å². The van der Waals surface area contributed by atoms with E-state index in [4.69, 9.17) is 61.3 Å². The molecular weight excluding hydrogens is 360 g/mol. The molecule has 0 heterocycles. The average molecular weight is 360 g/mol. The predicted octanol–water partition coefficient (Wildman–Crippen LogP) is -1.72. The molecular formula is MgN4O12Sr. The standard InChI is InChI=1S/Mg.4NO3.Sr/c;4*2-1(3)4;/q+2;4*-1;+2. The Balaban J connectivity index is -0.0000000257. The van der Waals surface area contributed by atoms with Gasteiger partial charge >= 0.3 is 68.5 Å². The van der Waals surface area contributed by atoms with E-state index >= 15 is 0 Å². The fraction of sp³-hybridized carbons (Fsp3) is 0. The van der Waals surface area contributed by atoms with Crippen molar-refractivity contribution in [1.29, 1.82) is 0 Å². The predicted molar refractivity (Wildman–Crippen MR) is 53.0 cm³/mol. The summed E-state index contributed by atoms with van der Waals surface area (Å²) in [5.74, 6) is 0. The maximum absolute atomic E-state index is 8.25. The van der Waals surface area contributed by atoms with Gasteiger partial charge in [-0.15, -0.1) is 0 Å². The molecule has 0 radical (unpaired) electrons. The van der Waals surface area contributed by atoms with Gasteiger partial charge in [0, 0.05) is 0 Å². The SMILES string of the molecule is O=[N+]([O-])[O-].O=[N+]([O-])[O-].O=[N+]([O-])[O-].O=[N+]([O-])[O-].[Mg+2].[Sr+2]. The smallest absolute Gasteiger partial charge is 0.356 e. The van der Waals surface area contributed by atoms with Crippen LogP contribution < -0.4 is 0 Å². The summed E-state index contributed by atoms with van der Waals surface area (Å²) < 4.78 is 0. The van der Waals surface area contributed by atoms with E-state index in [1.165, 1.54) is 0 Å². The van der Waals surface area contributed by atoms with Crippen molar-refractivity contribution in [3.63, 3.8) is 0 Å². The van der Waals surface area contributed by atoms with Crippen LogP contribution in [-0.2, 0) is 0 Å². The molecule has 0 aromatic heterocycles. The van der Waals surface area contributed by atoms with Crippen molar-refractivity contribution in [3.05, 3.63) is 61.3 Å². The molecule has 0 aromatic carbocycles. The molecule has 0 aliphatic heterocycles. The van der Waals surface area contributed by atoms with Crippen LogP contribution in [0.3, 0.4) is 0 Å². The minimum Gasteiger partial charge on any atom is -0.356 e. The van der Waals surface area contributed by atoms with Crippen LogP contribution in [0.25, 0.3) is 0 Å². The van der Waals surface area contributed by atoms with Crippen molar-refractivity contribution in [2.45, 2.75) is 0 Å². The van der Waals surface area contributed by atoms with Gasteiger partial charge in [-0.1, -0.05) is 0 Å². The fourth-order valence-corrected chi connectivity index (χ4v) is 0. The maximum atomic E-state index is 8.25. The number of nitrogens with zero attached hydrogens (tertiary/aromatic N) is 4. The molecule has 0 aromatic rings. The number of hydrogen-bond donors (Lipinski definition) is 0. The summed E-state index contributed by atoms with van der Waals surface area (Å²) in [6, 6.07) is 0. The molecule has 18 heteroatoms. The molecule has 0 atom stereocenters. The normalized spacial score (nSPS) is 5.33. The van der Waals surface area contributed by atoms with Gasteiger partial charge in [0.1, 0.15) is 0 Å². The van der Waals surface area contributed by atoms with E-state index in [2.05, 4.69) is 0 Å². The third kappa shape index (κ3) is 3270. The molecule has 0 spiro atoms. The van der Waals surface area contributed by atoms with E-state index in [0.717, 1.165) is 0 Å². The van der Waals surface area contributed by atoms with Crippen LogP contribution >= 0.6 is 0 Å². The summed E-state index contributed by atoms with van der Waals surface area (Å²) in [6.07, 6.45) is 0. The largest absolute Gasteiger partial charge is 2.00 e. The monoisotopic (exact) mass is 360 g/mol. The van der Waals surface area contributed by atoms with Gasteiger partial charge in [-0.2, -0.15) is 0 Å². The van der Waals surface area contributed by atoms with Crippen LogP contribution in [-0.4, -0.2) is 88.9 Å². The second-order valence-electron chi connectivity index (χ2n) is 0.894. The van der Waals surface area contributed by atoms with E-state index in [0.29, 0.717) is 0 Å². The first-order chi connectivity index (χ1) is 6.93. The van der Waals surface area contributed by atoms with Crippen molar-refractivity contribution in [3.8, 4) is 0 Å². The van der Waals surface area contributed by atoms with Crippen LogP contribution in [0.2, 0.25) is 0 Å². The summed E-state index contributed by atoms with van der Waals surface area (Å²) in [5.41, 5.74) is 0. The van der Waals surface area contributed by atoms with Gasteiger partial charge in [0.05, 0.1) is 20.3 Å². The van der Waals surface area contributed by atoms with Crippen LogP contribution in [0.1, 0.15) is 0 Å². The molecule has 0 unspecified atom stereocenters. The summed E-state index contributed by atoms with van der Waals surface area (Å²) in [4.78, 5) is 33.0. The van der Waals surface area contributed by atoms with Gasteiger partial charge in [-0.05, 0) is 0 Å². The Labute approximate surface area is 149 Å². The Morgan fingerprint density at radius 3 is 0.444 bits per heavy atom. The van der Waals surface area contributed by atoms with Crippen molar-refractivity contribution < 1.29 is 20.3 Å². The molecule has 0 saturated heterocycles. The molecule has 0 rings (SSSR count). The molecule has 0 bridgehead atoms. The summed E-state index contributed by atoms with van der Waals surface area (Å²) >= 11 is 0. The Morgan fingerprint density at radius 2 is 0.444 bits per heavy atom. The van der Waals surface area contributed by atoms with Gasteiger partial charge in [0.15, 0.2) is 0 Å². The molecule has 0 N–H and O–H groups in total. The van der Waals surface area contributed by atoms with Crippen LogP contribution in [0.5, 0.6) is 0 Å². The first kappa shape index (κ1) is 36.0. The minimum absolute atomic E-state index is 0. The number of hydrogen-bond acceptors (Lipinski definition) is 12. The third-order valence-electron chi connectivity index (χ3n) is 0. The molecule has 0 saturated carbocycles. The maximum Gasteiger partial charge on any atom is 2.00 e. The topological polar surface area (TPSA) is 265 Å². The molecule has 0 amide bonds. The Bertz CT molecular complexity index is 164. The van der Waals surface area contributed by atoms with E-state index in [9.17, 15) is 0 Å². The molecule has 0 fully saturated rings. The van der Waals surface area contributed by atoms with Crippen LogP contribution in [0.15, 0.2) is 0 Å².